The van der Waals surface area contributed by atoms with Crippen LogP contribution in [0.4, 0.5) is 5.69 Å². The van der Waals surface area contributed by atoms with E-state index < -0.39 is 0 Å². The van der Waals surface area contributed by atoms with Crippen LogP contribution in [0.2, 0.25) is 0 Å². The molecular weight excluding hydrogens is 450 g/mol. The maximum absolute atomic E-state index is 13.6. The zero-order valence-electron chi connectivity index (χ0n) is 22.6. The smallest absolute Gasteiger partial charge is 0.340 e. The summed E-state index contributed by atoms with van der Waals surface area (Å²) in [5, 5.41) is 0. The molecule has 6 nitrogen and oxygen atoms in total. The number of carbonyl (C=O) groups excluding carboxylic acids is 1. The molecule has 1 atom stereocenters. The maximum Gasteiger partial charge on any atom is 0.340 e. The largest absolute Gasteiger partial charge is 0.462 e. The molecule has 2 aliphatic rings. The number of benzene rings is 1. The second-order valence-corrected chi connectivity index (χ2v) is 10.3. The number of nitrogens with zero attached hydrogens (tertiary/aromatic N) is 3. The van der Waals surface area contributed by atoms with Gasteiger partial charge in [0.2, 0.25) is 0 Å². The summed E-state index contributed by atoms with van der Waals surface area (Å²) in [6.07, 6.45) is 6.67. The van der Waals surface area contributed by atoms with Crippen LogP contribution in [0.25, 0.3) is 0 Å². The van der Waals surface area contributed by atoms with E-state index in [-0.39, 0.29) is 12.0 Å². The fraction of sp³-hybridized carbons (Fsp3) is 0.600. The highest BCUT2D eigenvalue weighted by molar-refractivity contribution is 5.99. The Labute approximate surface area is 217 Å². The molecule has 3 heterocycles. The molecule has 1 fully saturated rings. The third-order valence-corrected chi connectivity index (χ3v) is 7.45. The Kier molecular flexibility index (Phi) is 9.38. The van der Waals surface area contributed by atoms with Crippen LogP contribution < -0.4 is 4.90 Å². The Balaban J connectivity index is 1.86. The summed E-state index contributed by atoms with van der Waals surface area (Å²) >= 11 is 0. The average molecular weight is 494 g/mol. The predicted molar refractivity (Wildman–Crippen MR) is 145 cm³/mol. The van der Waals surface area contributed by atoms with Gasteiger partial charge in [-0.2, -0.15) is 0 Å². The predicted octanol–water partition coefficient (Wildman–Crippen LogP) is 5.92. The number of esters is 1. The summed E-state index contributed by atoms with van der Waals surface area (Å²) in [6.45, 7) is 12.6. The fourth-order valence-corrected chi connectivity index (χ4v) is 5.64. The number of fused-ring (bicyclic) bond motifs is 1. The van der Waals surface area contributed by atoms with Gasteiger partial charge in [-0.05, 0) is 32.8 Å². The van der Waals surface area contributed by atoms with E-state index in [9.17, 15) is 4.79 Å². The van der Waals surface area contributed by atoms with Crippen molar-refractivity contribution in [3.63, 3.8) is 0 Å². The Morgan fingerprint density at radius 3 is 2.53 bits per heavy atom. The first-order valence-electron chi connectivity index (χ1n) is 13.9. The van der Waals surface area contributed by atoms with Crippen LogP contribution in [0.5, 0.6) is 0 Å². The number of unbranched alkanes of at least 4 members (excludes halogenated alkanes) is 3. The monoisotopic (exact) mass is 493 g/mol. The highest BCUT2D eigenvalue weighted by Crippen LogP contribution is 2.43. The van der Waals surface area contributed by atoms with Gasteiger partial charge < -0.3 is 14.4 Å². The van der Waals surface area contributed by atoms with Gasteiger partial charge in [0.15, 0.2) is 0 Å². The van der Waals surface area contributed by atoms with E-state index in [1.165, 1.54) is 31.2 Å². The Bertz CT molecular complexity index is 1000. The number of ether oxygens (including phenoxy) is 2. The minimum Gasteiger partial charge on any atom is -0.462 e. The molecule has 196 valence electrons. The van der Waals surface area contributed by atoms with Gasteiger partial charge >= 0.3 is 5.97 Å². The molecule has 36 heavy (non-hydrogen) atoms. The second-order valence-electron chi connectivity index (χ2n) is 10.3. The lowest BCUT2D eigenvalue weighted by Gasteiger charge is -2.32. The minimum atomic E-state index is -0.220. The van der Waals surface area contributed by atoms with Gasteiger partial charge in [0, 0.05) is 37.7 Å². The molecule has 4 rings (SSSR count). The molecule has 0 spiro atoms. The number of morpholine rings is 1. The van der Waals surface area contributed by atoms with Gasteiger partial charge in [0.1, 0.15) is 0 Å². The minimum absolute atomic E-state index is 0.220. The van der Waals surface area contributed by atoms with Crippen molar-refractivity contribution in [3.8, 4) is 0 Å². The maximum atomic E-state index is 13.6. The van der Waals surface area contributed by atoms with Crippen LogP contribution in [-0.2, 0) is 22.4 Å². The lowest BCUT2D eigenvalue weighted by Crippen LogP contribution is -2.38. The van der Waals surface area contributed by atoms with E-state index in [4.69, 9.17) is 14.5 Å². The normalized spacial score (nSPS) is 18.0. The van der Waals surface area contributed by atoms with Crippen LogP contribution in [0.15, 0.2) is 30.3 Å². The molecule has 0 saturated carbocycles. The van der Waals surface area contributed by atoms with E-state index in [2.05, 4.69) is 54.8 Å². The zero-order valence-corrected chi connectivity index (χ0v) is 22.6. The Hall–Kier alpha value is -2.44. The Morgan fingerprint density at radius 1 is 1.11 bits per heavy atom. The molecule has 2 aromatic rings. The van der Waals surface area contributed by atoms with E-state index in [1.807, 2.05) is 13.0 Å². The first kappa shape index (κ1) is 26.6. The quantitative estimate of drug-likeness (QED) is 0.286. The standard InChI is InChI=1S/C30H43N3O3/c1-5-7-8-12-15-26-28-24(21-33(26)22(3)4)27(30(34)36-6-2)29(32-16-18-35-19-17-32)25(31-28)20-23-13-10-9-11-14-23/h9-11,13-14,22,26H,5-8,12,15-21H2,1-4H3. The number of pyridine rings is 1. The van der Waals surface area contributed by atoms with Crippen molar-refractivity contribution in [1.82, 2.24) is 9.88 Å². The third-order valence-electron chi connectivity index (χ3n) is 7.45. The summed E-state index contributed by atoms with van der Waals surface area (Å²) in [7, 11) is 0. The third kappa shape index (κ3) is 5.92. The van der Waals surface area contributed by atoms with Crippen LogP contribution in [0, 0.1) is 0 Å². The van der Waals surface area contributed by atoms with Gasteiger partial charge in [0.25, 0.3) is 0 Å². The molecule has 0 aliphatic carbocycles. The zero-order chi connectivity index (χ0) is 25.5. The van der Waals surface area contributed by atoms with Gasteiger partial charge in [-0.25, -0.2) is 4.79 Å². The summed E-state index contributed by atoms with van der Waals surface area (Å²) in [5.74, 6) is -0.220. The first-order chi connectivity index (χ1) is 17.5. The molecular formula is C30H43N3O3. The first-order valence-corrected chi connectivity index (χ1v) is 13.9. The molecule has 1 aromatic carbocycles. The van der Waals surface area contributed by atoms with Crippen LogP contribution in [0.3, 0.4) is 0 Å². The molecule has 0 bridgehead atoms. The van der Waals surface area contributed by atoms with E-state index >= 15 is 0 Å². The second kappa shape index (κ2) is 12.7. The molecule has 1 saturated heterocycles. The molecule has 1 unspecified atom stereocenters. The van der Waals surface area contributed by atoms with Crippen LogP contribution in [0.1, 0.15) is 98.7 Å². The van der Waals surface area contributed by atoms with Gasteiger partial charge in [-0.15, -0.1) is 0 Å². The van der Waals surface area contributed by atoms with Gasteiger partial charge in [-0.3, -0.25) is 9.88 Å². The highest BCUT2D eigenvalue weighted by Gasteiger charge is 2.39. The summed E-state index contributed by atoms with van der Waals surface area (Å²) in [4.78, 5) is 23.9. The van der Waals surface area contributed by atoms with E-state index in [0.29, 0.717) is 32.3 Å². The van der Waals surface area contributed by atoms with Crippen molar-refractivity contribution in [1.29, 1.82) is 0 Å². The lowest BCUT2D eigenvalue weighted by atomic mass is 9.96. The van der Waals surface area contributed by atoms with Crippen molar-refractivity contribution in [2.45, 2.75) is 84.8 Å². The molecule has 1 aromatic heterocycles. The fourth-order valence-electron chi connectivity index (χ4n) is 5.64. The Morgan fingerprint density at radius 2 is 1.86 bits per heavy atom. The van der Waals surface area contributed by atoms with E-state index in [0.717, 1.165) is 54.3 Å². The van der Waals surface area contributed by atoms with Crippen LogP contribution in [-0.4, -0.2) is 54.8 Å². The molecule has 0 amide bonds. The number of rotatable bonds is 11. The van der Waals surface area contributed by atoms with E-state index in [1.54, 1.807) is 0 Å². The lowest BCUT2D eigenvalue weighted by molar-refractivity contribution is 0.0523. The molecule has 6 heteroatoms. The van der Waals surface area contributed by atoms with Crippen molar-refractivity contribution < 1.29 is 14.3 Å². The van der Waals surface area contributed by atoms with Gasteiger partial charge in [0.05, 0.1) is 48.5 Å². The number of hydrogen-bond donors (Lipinski definition) is 0. The summed E-state index contributed by atoms with van der Waals surface area (Å²) < 4.78 is 11.4. The summed E-state index contributed by atoms with van der Waals surface area (Å²) in [6, 6.07) is 11.1. The SMILES string of the molecule is CCCCCCC1c2nc(Cc3ccccc3)c(N3CCOCC3)c(C(=O)OCC)c2CN1C(C)C. The summed E-state index contributed by atoms with van der Waals surface area (Å²) in [5.41, 5.74) is 6.03. The number of hydrogen-bond acceptors (Lipinski definition) is 6. The number of carbonyl (C=O) groups is 1. The molecule has 0 radical (unpaired) electrons. The highest BCUT2D eigenvalue weighted by atomic mass is 16.5. The number of aromatic nitrogens is 1. The number of anilines is 1. The van der Waals surface area contributed by atoms with Crippen molar-refractivity contribution in [2.24, 2.45) is 0 Å². The van der Waals surface area contributed by atoms with Crippen LogP contribution >= 0.6 is 0 Å². The molecule has 0 N–H and O–H groups in total. The molecule has 2 aliphatic heterocycles. The van der Waals surface area contributed by atoms with Crippen molar-refractivity contribution in [2.75, 3.05) is 37.8 Å². The van der Waals surface area contributed by atoms with Crippen molar-refractivity contribution in [3.05, 3.63) is 58.4 Å². The topological polar surface area (TPSA) is 54.9 Å². The van der Waals surface area contributed by atoms with Gasteiger partial charge in [-0.1, -0.05) is 62.9 Å². The van der Waals surface area contributed by atoms with Crippen molar-refractivity contribution >= 4 is 11.7 Å². The average Bonchev–Trinajstić information content (AvgIpc) is 3.25.